The van der Waals surface area contributed by atoms with Crippen LogP contribution in [-0.4, -0.2) is 67.6 Å². The summed E-state index contributed by atoms with van der Waals surface area (Å²) in [6, 6.07) is 7.64. The second-order valence-corrected chi connectivity index (χ2v) is 7.25. The van der Waals surface area contributed by atoms with E-state index in [4.69, 9.17) is 9.47 Å². The molecular formula is C21H30N4O3. The fourth-order valence-corrected chi connectivity index (χ4v) is 3.83. The van der Waals surface area contributed by atoms with Crippen LogP contribution >= 0.6 is 0 Å². The number of rotatable bonds is 8. The molecule has 0 saturated carbocycles. The predicted octanol–water partition coefficient (Wildman–Crippen LogP) is 2.28. The molecule has 1 aromatic heterocycles. The average molecular weight is 386 g/mol. The molecule has 152 valence electrons. The molecule has 2 aromatic rings. The molecule has 28 heavy (non-hydrogen) atoms. The van der Waals surface area contributed by atoms with Crippen LogP contribution in [0.3, 0.4) is 0 Å². The topological polar surface area (TPSA) is 68.6 Å². The Morgan fingerprint density at radius 2 is 2.14 bits per heavy atom. The van der Waals surface area contributed by atoms with Gasteiger partial charge in [-0.1, -0.05) is 12.1 Å². The van der Waals surface area contributed by atoms with E-state index in [0.29, 0.717) is 18.0 Å². The average Bonchev–Trinajstić information content (AvgIpc) is 3.09. The molecule has 1 aromatic carbocycles. The predicted molar refractivity (Wildman–Crippen MR) is 108 cm³/mol. The number of aromatic nitrogens is 2. The number of para-hydroxylation sites is 2. The van der Waals surface area contributed by atoms with Crippen LogP contribution in [0, 0.1) is 12.8 Å². The van der Waals surface area contributed by atoms with Gasteiger partial charge in [-0.25, -0.2) is 4.68 Å². The van der Waals surface area contributed by atoms with Crippen molar-refractivity contribution >= 4 is 5.91 Å². The van der Waals surface area contributed by atoms with Crippen molar-refractivity contribution in [2.24, 2.45) is 5.92 Å². The summed E-state index contributed by atoms with van der Waals surface area (Å²) in [7, 11) is 3.38. The van der Waals surface area contributed by atoms with Crippen molar-refractivity contribution in [2.75, 3.05) is 47.0 Å². The Morgan fingerprint density at radius 3 is 2.93 bits per heavy atom. The maximum Gasteiger partial charge on any atom is 0.254 e. The number of nitrogens with one attached hydrogen (secondary N) is 1. The monoisotopic (exact) mass is 386 g/mol. The highest BCUT2D eigenvalue weighted by Gasteiger charge is 2.20. The summed E-state index contributed by atoms with van der Waals surface area (Å²) in [6.07, 6.45) is 4.03. The Kier molecular flexibility index (Phi) is 7.06. The van der Waals surface area contributed by atoms with Crippen LogP contribution in [-0.2, 0) is 4.74 Å². The molecule has 1 aliphatic heterocycles. The number of ether oxygens (including phenoxy) is 2. The van der Waals surface area contributed by atoms with E-state index in [1.165, 1.54) is 12.8 Å². The molecular weight excluding hydrogens is 356 g/mol. The van der Waals surface area contributed by atoms with Crippen molar-refractivity contribution in [2.45, 2.75) is 19.8 Å². The standard InChI is InChI=1S/C21H30N4O3/c1-16-18(13-23-25(16)19-8-4-5-9-20(19)28-3)21(26)22-10-12-24-11-6-7-17(14-24)15-27-2/h4-5,8-9,13,17H,6-7,10-12,14-15H2,1-3H3,(H,22,26). The zero-order valence-corrected chi connectivity index (χ0v) is 17.0. The minimum Gasteiger partial charge on any atom is -0.494 e. The van der Waals surface area contributed by atoms with E-state index in [-0.39, 0.29) is 5.91 Å². The summed E-state index contributed by atoms with van der Waals surface area (Å²) < 4.78 is 12.4. The number of likely N-dealkylation sites (tertiary alicyclic amines) is 1. The van der Waals surface area contributed by atoms with Gasteiger partial charge in [0.15, 0.2) is 0 Å². The van der Waals surface area contributed by atoms with Crippen molar-refractivity contribution in [3.05, 3.63) is 41.7 Å². The van der Waals surface area contributed by atoms with Crippen molar-refractivity contribution < 1.29 is 14.3 Å². The first kappa shape index (κ1) is 20.4. The van der Waals surface area contributed by atoms with Crippen LogP contribution in [0.25, 0.3) is 5.69 Å². The van der Waals surface area contributed by atoms with Gasteiger partial charge in [0, 0.05) is 26.7 Å². The van der Waals surface area contributed by atoms with Gasteiger partial charge in [-0.2, -0.15) is 5.10 Å². The third-order valence-electron chi connectivity index (χ3n) is 5.29. The van der Waals surface area contributed by atoms with E-state index in [1.807, 2.05) is 31.2 Å². The summed E-state index contributed by atoms with van der Waals surface area (Å²) in [4.78, 5) is 15.0. The molecule has 1 amide bonds. The van der Waals surface area contributed by atoms with Gasteiger partial charge in [-0.3, -0.25) is 4.79 Å². The lowest BCUT2D eigenvalue weighted by atomic mass is 9.99. The molecule has 2 heterocycles. The van der Waals surface area contributed by atoms with E-state index in [2.05, 4.69) is 15.3 Å². The van der Waals surface area contributed by atoms with E-state index in [0.717, 1.165) is 43.4 Å². The smallest absolute Gasteiger partial charge is 0.254 e. The van der Waals surface area contributed by atoms with E-state index >= 15 is 0 Å². The molecule has 0 bridgehead atoms. The minimum atomic E-state index is -0.0934. The number of amides is 1. The highest BCUT2D eigenvalue weighted by molar-refractivity contribution is 5.95. The summed E-state index contributed by atoms with van der Waals surface area (Å²) in [5.74, 6) is 1.22. The molecule has 1 atom stereocenters. The fraction of sp³-hybridized carbons (Fsp3) is 0.524. The third-order valence-corrected chi connectivity index (χ3v) is 5.29. The van der Waals surface area contributed by atoms with Crippen molar-refractivity contribution in [3.63, 3.8) is 0 Å². The first-order chi connectivity index (χ1) is 13.6. The van der Waals surface area contributed by atoms with Gasteiger partial charge in [0.05, 0.1) is 31.2 Å². The SMILES string of the molecule is COCC1CCCN(CCNC(=O)c2cnn(-c3ccccc3OC)c2C)C1. The molecule has 1 unspecified atom stereocenters. The van der Waals surface area contributed by atoms with Gasteiger partial charge in [-0.15, -0.1) is 0 Å². The second-order valence-electron chi connectivity index (χ2n) is 7.25. The van der Waals surface area contributed by atoms with Crippen LogP contribution in [0.2, 0.25) is 0 Å². The number of hydrogen-bond acceptors (Lipinski definition) is 5. The number of carbonyl (C=O) groups is 1. The highest BCUT2D eigenvalue weighted by Crippen LogP contribution is 2.24. The molecule has 0 spiro atoms. The van der Waals surface area contributed by atoms with Gasteiger partial charge < -0.3 is 19.7 Å². The van der Waals surface area contributed by atoms with Crippen LogP contribution < -0.4 is 10.1 Å². The maximum atomic E-state index is 12.6. The molecule has 7 heteroatoms. The quantitative estimate of drug-likeness (QED) is 0.754. The number of benzene rings is 1. The lowest BCUT2D eigenvalue weighted by Gasteiger charge is -2.32. The molecule has 1 saturated heterocycles. The van der Waals surface area contributed by atoms with Gasteiger partial charge in [0.1, 0.15) is 11.4 Å². The Bertz CT molecular complexity index is 788. The zero-order valence-electron chi connectivity index (χ0n) is 17.0. The maximum absolute atomic E-state index is 12.6. The Balaban J connectivity index is 1.57. The second kappa shape index (κ2) is 9.71. The van der Waals surface area contributed by atoms with Crippen LogP contribution in [0.5, 0.6) is 5.75 Å². The molecule has 7 nitrogen and oxygen atoms in total. The van der Waals surface area contributed by atoms with Gasteiger partial charge in [0.25, 0.3) is 5.91 Å². The van der Waals surface area contributed by atoms with Crippen LogP contribution in [0.4, 0.5) is 0 Å². The zero-order chi connectivity index (χ0) is 19.9. The number of piperidine rings is 1. The van der Waals surface area contributed by atoms with E-state index < -0.39 is 0 Å². The molecule has 0 radical (unpaired) electrons. The van der Waals surface area contributed by atoms with Crippen molar-refractivity contribution in [1.29, 1.82) is 0 Å². The third kappa shape index (κ3) is 4.72. The molecule has 1 N–H and O–H groups in total. The molecule has 0 aliphatic carbocycles. The number of hydrogen-bond donors (Lipinski definition) is 1. The Morgan fingerprint density at radius 1 is 1.32 bits per heavy atom. The van der Waals surface area contributed by atoms with Crippen LogP contribution in [0.1, 0.15) is 28.9 Å². The Hall–Kier alpha value is -2.38. The van der Waals surface area contributed by atoms with E-state index in [9.17, 15) is 4.79 Å². The largest absolute Gasteiger partial charge is 0.494 e. The van der Waals surface area contributed by atoms with Crippen molar-refractivity contribution in [3.8, 4) is 11.4 Å². The summed E-state index contributed by atoms with van der Waals surface area (Å²) in [5, 5.41) is 7.43. The lowest BCUT2D eigenvalue weighted by molar-refractivity contribution is 0.0866. The first-order valence-corrected chi connectivity index (χ1v) is 9.81. The molecule has 3 rings (SSSR count). The first-order valence-electron chi connectivity index (χ1n) is 9.81. The fourth-order valence-electron chi connectivity index (χ4n) is 3.83. The van der Waals surface area contributed by atoms with Gasteiger partial charge in [0.2, 0.25) is 0 Å². The molecule has 1 fully saturated rings. The minimum absolute atomic E-state index is 0.0934. The molecule has 1 aliphatic rings. The summed E-state index contributed by atoms with van der Waals surface area (Å²) in [5.41, 5.74) is 2.20. The van der Waals surface area contributed by atoms with Gasteiger partial charge in [-0.05, 0) is 44.4 Å². The summed E-state index contributed by atoms with van der Waals surface area (Å²) in [6.45, 7) is 6.30. The Labute approximate surface area is 166 Å². The normalized spacial score (nSPS) is 17.5. The number of methoxy groups -OCH3 is 2. The van der Waals surface area contributed by atoms with Gasteiger partial charge >= 0.3 is 0 Å². The summed E-state index contributed by atoms with van der Waals surface area (Å²) >= 11 is 0. The van der Waals surface area contributed by atoms with Crippen molar-refractivity contribution in [1.82, 2.24) is 20.0 Å². The van der Waals surface area contributed by atoms with Crippen LogP contribution in [0.15, 0.2) is 30.5 Å². The number of nitrogens with zero attached hydrogens (tertiary/aromatic N) is 3. The van der Waals surface area contributed by atoms with E-state index in [1.54, 1.807) is 25.1 Å². The number of carbonyl (C=O) groups excluding carboxylic acids is 1. The highest BCUT2D eigenvalue weighted by atomic mass is 16.5. The lowest BCUT2D eigenvalue weighted by Crippen LogP contribution is -2.41.